The van der Waals surface area contributed by atoms with E-state index in [4.69, 9.17) is 4.74 Å². The first-order chi connectivity index (χ1) is 12.8. The van der Waals surface area contributed by atoms with Crippen molar-refractivity contribution < 1.29 is 4.74 Å². The monoisotopic (exact) mass is 350 g/mol. The van der Waals surface area contributed by atoms with Crippen LogP contribution in [0.5, 0.6) is 5.75 Å². The van der Waals surface area contributed by atoms with E-state index in [0.29, 0.717) is 0 Å². The van der Waals surface area contributed by atoms with Crippen LogP contribution >= 0.6 is 0 Å². The molecule has 0 aromatic heterocycles. The lowest BCUT2D eigenvalue weighted by Gasteiger charge is -2.29. The molecule has 1 aliphatic carbocycles. The van der Waals surface area contributed by atoms with E-state index >= 15 is 0 Å². The fourth-order valence-electron chi connectivity index (χ4n) is 4.33. The normalized spacial score (nSPS) is 20.1. The highest BCUT2D eigenvalue weighted by Crippen LogP contribution is 2.38. The Morgan fingerprint density at radius 1 is 0.769 bits per heavy atom. The second-order valence-corrected chi connectivity index (χ2v) is 7.79. The smallest absolute Gasteiger partial charge is 0.119 e. The van der Waals surface area contributed by atoms with Crippen LogP contribution in [0.15, 0.2) is 48.5 Å². The van der Waals surface area contributed by atoms with Gasteiger partial charge in [0, 0.05) is 0 Å². The van der Waals surface area contributed by atoms with Crippen molar-refractivity contribution in [1.82, 2.24) is 0 Å². The van der Waals surface area contributed by atoms with E-state index < -0.39 is 0 Å². The van der Waals surface area contributed by atoms with Gasteiger partial charge in [0.1, 0.15) is 5.75 Å². The highest BCUT2D eigenvalue weighted by Gasteiger charge is 2.21. The van der Waals surface area contributed by atoms with E-state index in [1.54, 1.807) is 0 Å². The van der Waals surface area contributed by atoms with Gasteiger partial charge in [0.05, 0.1) is 6.61 Å². The summed E-state index contributed by atoms with van der Waals surface area (Å²) in [7, 11) is 0. The molecule has 0 unspecified atom stereocenters. The van der Waals surface area contributed by atoms with Crippen molar-refractivity contribution in [2.24, 2.45) is 5.92 Å². The van der Waals surface area contributed by atoms with Gasteiger partial charge in [-0.25, -0.2) is 0 Å². The lowest BCUT2D eigenvalue weighted by Crippen LogP contribution is -2.13. The molecule has 2 aromatic carbocycles. The van der Waals surface area contributed by atoms with Gasteiger partial charge in [-0.2, -0.15) is 0 Å². The molecule has 0 amide bonds. The Labute approximate surface area is 159 Å². The number of unbranched alkanes of at least 4 members (excludes halogenated alkanes) is 2. The summed E-state index contributed by atoms with van der Waals surface area (Å²) >= 11 is 0. The minimum atomic E-state index is 0.717. The largest absolute Gasteiger partial charge is 0.494 e. The first-order valence-corrected chi connectivity index (χ1v) is 10.6. The third kappa shape index (κ3) is 5.13. The molecule has 0 aliphatic heterocycles. The SMILES string of the molecule is CCCCCC1CCC(c2ccc(-c3ccc(OCC)cc3)cc2)CC1. The van der Waals surface area contributed by atoms with Gasteiger partial charge < -0.3 is 4.74 Å². The van der Waals surface area contributed by atoms with Gasteiger partial charge in [-0.3, -0.25) is 0 Å². The van der Waals surface area contributed by atoms with E-state index in [1.807, 2.05) is 6.92 Å². The minimum absolute atomic E-state index is 0.717. The minimum Gasteiger partial charge on any atom is -0.494 e. The predicted molar refractivity (Wildman–Crippen MR) is 112 cm³/mol. The number of hydrogen-bond donors (Lipinski definition) is 0. The van der Waals surface area contributed by atoms with Crippen LogP contribution in [0.1, 0.15) is 76.7 Å². The molecule has 0 bridgehead atoms. The molecule has 26 heavy (non-hydrogen) atoms. The Kier molecular flexibility index (Phi) is 7.17. The average Bonchev–Trinajstić information content (AvgIpc) is 2.70. The van der Waals surface area contributed by atoms with E-state index in [1.165, 1.54) is 68.1 Å². The zero-order valence-electron chi connectivity index (χ0n) is 16.5. The zero-order valence-corrected chi connectivity index (χ0v) is 16.5. The van der Waals surface area contributed by atoms with Crippen molar-refractivity contribution in [1.29, 1.82) is 0 Å². The van der Waals surface area contributed by atoms with Gasteiger partial charge >= 0.3 is 0 Å². The van der Waals surface area contributed by atoms with E-state index in [2.05, 4.69) is 55.5 Å². The van der Waals surface area contributed by atoms with E-state index in [0.717, 1.165) is 24.2 Å². The molecule has 2 aromatic rings. The summed E-state index contributed by atoms with van der Waals surface area (Å²) in [5.41, 5.74) is 4.09. The molecular weight excluding hydrogens is 316 g/mol. The molecule has 1 nitrogen and oxygen atoms in total. The fraction of sp³-hybridized carbons (Fsp3) is 0.520. The summed E-state index contributed by atoms with van der Waals surface area (Å²) in [5, 5.41) is 0. The molecular formula is C25H34O. The molecule has 0 radical (unpaired) electrons. The Morgan fingerprint density at radius 2 is 1.38 bits per heavy atom. The summed E-state index contributed by atoms with van der Waals surface area (Å²) in [5.74, 6) is 2.70. The van der Waals surface area contributed by atoms with Gasteiger partial charge in [-0.05, 0) is 73.3 Å². The van der Waals surface area contributed by atoms with Crippen LogP contribution in [-0.4, -0.2) is 6.61 Å². The maximum atomic E-state index is 5.53. The second kappa shape index (κ2) is 9.80. The van der Waals surface area contributed by atoms with Gasteiger partial charge in [0.15, 0.2) is 0 Å². The quantitative estimate of drug-likeness (QED) is 0.445. The van der Waals surface area contributed by atoms with Crippen molar-refractivity contribution in [2.75, 3.05) is 6.61 Å². The van der Waals surface area contributed by atoms with Crippen molar-refractivity contribution in [3.8, 4) is 16.9 Å². The van der Waals surface area contributed by atoms with Crippen LogP contribution in [0.3, 0.4) is 0 Å². The lowest BCUT2D eigenvalue weighted by molar-refractivity contribution is 0.303. The summed E-state index contributed by atoms with van der Waals surface area (Å²) in [6, 6.07) is 17.7. The molecule has 0 saturated heterocycles. The van der Waals surface area contributed by atoms with Crippen molar-refractivity contribution in [2.45, 2.75) is 71.1 Å². The molecule has 1 aliphatic rings. The molecule has 3 rings (SSSR count). The van der Waals surface area contributed by atoms with Crippen LogP contribution in [0.25, 0.3) is 11.1 Å². The Balaban J connectivity index is 1.55. The second-order valence-electron chi connectivity index (χ2n) is 7.79. The van der Waals surface area contributed by atoms with Crippen LogP contribution in [0, 0.1) is 5.92 Å². The predicted octanol–water partition coefficient (Wildman–Crippen LogP) is 7.61. The maximum absolute atomic E-state index is 5.53. The van der Waals surface area contributed by atoms with Crippen molar-refractivity contribution in [3.63, 3.8) is 0 Å². The van der Waals surface area contributed by atoms with Gasteiger partial charge in [0.25, 0.3) is 0 Å². The van der Waals surface area contributed by atoms with Crippen molar-refractivity contribution in [3.05, 3.63) is 54.1 Å². The molecule has 0 N–H and O–H groups in total. The van der Waals surface area contributed by atoms with Gasteiger partial charge in [-0.1, -0.05) is 69.0 Å². The van der Waals surface area contributed by atoms with Gasteiger partial charge in [0.2, 0.25) is 0 Å². The fourth-order valence-corrected chi connectivity index (χ4v) is 4.33. The van der Waals surface area contributed by atoms with Crippen LogP contribution < -0.4 is 4.74 Å². The highest BCUT2D eigenvalue weighted by atomic mass is 16.5. The summed E-state index contributed by atoms with van der Waals surface area (Å²) in [4.78, 5) is 0. The summed E-state index contributed by atoms with van der Waals surface area (Å²) in [6.07, 6.45) is 11.2. The summed E-state index contributed by atoms with van der Waals surface area (Å²) in [6.45, 7) is 5.04. The molecule has 1 fully saturated rings. The number of rotatable bonds is 8. The highest BCUT2D eigenvalue weighted by molar-refractivity contribution is 5.64. The third-order valence-corrected chi connectivity index (χ3v) is 5.94. The van der Waals surface area contributed by atoms with Crippen LogP contribution in [0.4, 0.5) is 0 Å². The van der Waals surface area contributed by atoms with Crippen LogP contribution in [-0.2, 0) is 0 Å². The van der Waals surface area contributed by atoms with Crippen molar-refractivity contribution >= 4 is 0 Å². The number of benzene rings is 2. The molecule has 0 spiro atoms. The van der Waals surface area contributed by atoms with Gasteiger partial charge in [-0.15, -0.1) is 0 Å². The van der Waals surface area contributed by atoms with E-state index in [-0.39, 0.29) is 0 Å². The first-order valence-electron chi connectivity index (χ1n) is 10.6. The number of hydrogen-bond acceptors (Lipinski definition) is 1. The third-order valence-electron chi connectivity index (χ3n) is 5.94. The molecule has 0 atom stereocenters. The molecule has 0 heterocycles. The zero-order chi connectivity index (χ0) is 18.2. The average molecular weight is 351 g/mol. The summed E-state index contributed by atoms with van der Waals surface area (Å²) < 4.78 is 5.53. The first kappa shape index (κ1) is 19.0. The Morgan fingerprint density at radius 3 is 1.96 bits per heavy atom. The standard InChI is InChI=1S/C25H34O/c1-3-5-6-7-20-8-10-21(11-9-20)22-12-14-23(15-13-22)24-16-18-25(19-17-24)26-4-2/h12-21H,3-11H2,1-2H3. The van der Waals surface area contributed by atoms with E-state index in [9.17, 15) is 0 Å². The topological polar surface area (TPSA) is 9.23 Å². The molecule has 140 valence electrons. The Bertz CT molecular complexity index is 633. The maximum Gasteiger partial charge on any atom is 0.119 e. The van der Waals surface area contributed by atoms with Crippen LogP contribution in [0.2, 0.25) is 0 Å². The number of ether oxygens (including phenoxy) is 1. The lowest BCUT2D eigenvalue weighted by atomic mass is 9.77. The molecule has 1 heteroatoms. The Hall–Kier alpha value is -1.76. The molecule has 1 saturated carbocycles.